The molecule has 0 heterocycles. The first kappa shape index (κ1) is 19.0. The molecular weight excluding hydrogens is 338 g/mol. The van der Waals surface area contributed by atoms with Crippen molar-refractivity contribution in [1.29, 1.82) is 0 Å². The van der Waals surface area contributed by atoms with Crippen LogP contribution in [0.15, 0.2) is 78.9 Å². The number of rotatable bonds is 9. The van der Waals surface area contributed by atoms with Crippen LogP contribution in [0.4, 0.5) is 0 Å². The van der Waals surface area contributed by atoms with Crippen molar-refractivity contribution in [3.05, 3.63) is 95.6 Å². The van der Waals surface area contributed by atoms with Crippen LogP contribution in [0.5, 0.6) is 11.5 Å². The van der Waals surface area contributed by atoms with Crippen LogP contribution >= 0.6 is 0 Å². The molecule has 0 saturated carbocycles. The van der Waals surface area contributed by atoms with Gasteiger partial charge in [-0.1, -0.05) is 72.8 Å². The summed E-state index contributed by atoms with van der Waals surface area (Å²) in [5.41, 5.74) is 2.85. The fourth-order valence-electron chi connectivity index (χ4n) is 2.83. The predicted molar refractivity (Wildman–Crippen MR) is 107 cm³/mol. The van der Waals surface area contributed by atoms with E-state index in [-0.39, 0.29) is 0 Å². The maximum atomic E-state index is 10.5. The van der Waals surface area contributed by atoms with E-state index in [2.05, 4.69) is 5.32 Å². The normalized spacial score (nSPS) is 11.8. The Morgan fingerprint density at radius 1 is 0.778 bits per heavy atom. The van der Waals surface area contributed by atoms with E-state index in [1.165, 1.54) is 0 Å². The van der Waals surface area contributed by atoms with Crippen molar-refractivity contribution >= 4 is 0 Å². The quantitative estimate of drug-likeness (QED) is 0.601. The molecule has 0 aliphatic heterocycles. The summed E-state index contributed by atoms with van der Waals surface area (Å²) in [5.74, 6) is 1.21. The molecule has 0 saturated heterocycles. The van der Waals surface area contributed by atoms with Crippen LogP contribution in [-0.4, -0.2) is 18.7 Å². The van der Waals surface area contributed by atoms with Crippen LogP contribution in [0.2, 0.25) is 0 Å². The van der Waals surface area contributed by atoms with Gasteiger partial charge in [0.15, 0.2) is 11.5 Å². The predicted octanol–water partition coefficient (Wildman–Crippen LogP) is 4.10. The molecule has 3 rings (SSSR count). The number of ether oxygens (including phenoxy) is 2. The van der Waals surface area contributed by atoms with Gasteiger partial charge in [-0.25, -0.2) is 0 Å². The van der Waals surface area contributed by atoms with Crippen LogP contribution in [0.25, 0.3) is 0 Å². The molecule has 0 radical (unpaired) electrons. The van der Waals surface area contributed by atoms with E-state index >= 15 is 0 Å². The number of nitrogens with one attached hydrogen (secondary N) is 1. The number of benzene rings is 3. The number of likely N-dealkylation sites (N-methyl/N-ethyl adjacent to an activating group) is 1. The van der Waals surface area contributed by atoms with Crippen LogP contribution in [0, 0.1) is 0 Å². The van der Waals surface area contributed by atoms with Gasteiger partial charge in [-0.3, -0.25) is 0 Å². The summed E-state index contributed by atoms with van der Waals surface area (Å²) in [4.78, 5) is 0. The minimum atomic E-state index is -0.680. The standard InChI is InChI=1S/C23H25NO3/c1-24-15-21(25)20-13-8-14-22(26-16-18-9-4-2-5-10-18)23(20)27-17-19-11-6-3-7-12-19/h2-14,21,24-25H,15-17H2,1H3. The molecule has 0 aromatic heterocycles. The molecule has 0 fully saturated rings. The minimum absolute atomic E-state index is 0.409. The van der Waals surface area contributed by atoms with Crippen molar-refractivity contribution in [1.82, 2.24) is 5.32 Å². The van der Waals surface area contributed by atoms with Gasteiger partial charge < -0.3 is 19.9 Å². The van der Waals surface area contributed by atoms with E-state index in [1.807, 2.05) is 85.9 Å². The van der Waals surface area contributed by atoms with Gasteiger partial charge in [0.05, 0.1) is 6.10 Å². The average Bonchev–Trinajstić information content (AvgIpc) is 2.72. The molecule has 27 heavy (non-hydrogen) atoms. The van der Waals surface area contributed by atoms with E-state index in [0.717, 1.165) is 11.1 Å². The van der Waals surface area contributed by atoms with Crippen molar-refractivity contribution < 1.29 is 14.6 Å². The fourth-order valence-corrected chi connectivity index (χ4v) is 2.83. The van der Waals surface area contributed by atoms with Crippen molar-refractivity contribution in [2.45, 2.75) is 19.3 Å². The van der Waals surface area contributed by atoms with E-state index in [4.69, 9.17) is 9.47 Å². The topological polar surface area (TPSA) is 50.7 Å². The highest BCUT2D eigenvalue weighted by Crippen LogP contribution is 2.36. The largest absolute Gasteiger partial charge is 0.485 e. The lowest BCUT2D eigenvalue weighted by Crippen LogP contribution is -2.17. The summed E-state index contributed by atoms with van der Waals surface area (Å²) >= 11 is 0. The first-order valence-electron chi connectivity index (χ1n) is 9.07. The third-order valence-corrected chi connectivity index (χ3v) is 4.23. The van der Waals surface area contributed by atoms with Gasteiger partial charge in [0.25, 0.3) is 0 Å². The maximum absolute atomic E-state index is 10.5. The molecule has 0 bridgehead atoms. The molecule has 3 aromatic rings. The lowest BCUT2D eigenvalue weighted by Gasteiger charge is -2.19. The van der Waals surface area contributed by atoms with Crippen LogP contribution in [0.3, 0.4) is 0 Å². The smallest absolute Gasteiger partial charge is 0.167 e. The average molecular weight is 363 g/mol. The third kappa shape index (κ3) is 5.33. The van der Waals surface area contributed by atoms with E-state index < -0.39 is 6.10 Å². The Hall–Kier alpha value is -2.82. The summed E-state index contributed by atoms with van der Waals surface area (Å²) in [6.07, 6.45) is -0.680. The Kier molecular flexibility index (Phi) is 6.85. The van der Waals surface area contributed by atoms with Crippen molar-refractivity contribution in [3.63, 3.8) is 0 Å². The first-order valence-corrected chi connectivity index (χ1v) is 9.07. The monoisotopic (exact) mass is 363 g/mol. The van der Waals surface area contributed by atoms with Gasteiger partial charge >= 0.3 is 0 Å². The summed E-state index contributed by atoms with van der Waals surface area (Å²) in [6, 6.07) is 25.6. The molecule has 3 aromatic carbocycles. The zero-order valence-electron chi connectivity index (χ0n) is 15.5. The molecule has 1 atom stereocenters. The zero-order chi connectivity index (χ0) is 18.9. The van der Waals surface area contributed by atoms with Gasteiger partial charge in [-0.2, -0.15) is 0 Å². The van der Waals surface area contributed by atoms with Gasteiger partial charge in [0.1, 0.15) is 13.2 Å². The molecule has 0 spiro atoms. The highest BCUT2D eigenvalue weighted by Gasteiger charge is 2.18. The van der Waals surface area contributed by atoms with Gasteiger partial charge in [0, 0.05) is 12.1 Å². The Morgan fingerprint density at radius 3 is 1.96 bits per heavy atom. The Labute approximate surface area is 160 Å². The highest BCUT2D eigenvalue weighted by atomic mass is 16.5. The van der Waals surface area contributed by atoms with Crippen molar-refractivity contribution in [2.75, 3.05) is 13.6 Å². The number of hydrogen-bond donors (Lipinski definition) is 2. The molecular formula is C23H25NO3. The SMILES string of the molecule is CNCC(O)c1cccc(OCc2ccccc2)c1OCc1ccccc1. The molecule has 140 valence electrons. The minimum Gasteiger partial charge on any atom is -0.485 e. The summed E-state index contributed by atoms with van der Waals surface area (Å²) in [7, 11) is 1.81. The lowest BCUT2D eigenvalue weighted by atomic mass is 10.1. The second-order valence-electron chi connectivity index (χ2n) is 6.30. The van der Waals surface area contributed by atoms with E-state index in [9.17, 15) is 5.11 Å². The molecule has 4 heteroatoms. The van der Waals surface area contributed by atoms with Gasteiger partial charge in [-0.15, -0.1) is 0 Å². The number of aliphatic hydroxyl groups excluding tert-OH is 1. The second kappa shape index (κ2) is 9.76. The Morgan fingerprint density at radius 2 is 1.37 bits per heavy atom. The summed E-state index contributed by atoms with van der Waals surface area (Å²) < 4.78 is 12.1. The lowest BCUT2D eigenvalue weighted by molar-refractivity contribution is 0.167. The molecule has 0 amide bonds. The molecule has 2 N–H and O–H groups in total. The second-order valence-corrected chi connectivity index (χ2v) is 6.30. The number of hydrogen-bond acceptors (Lipinski definition) is 4. The Bertz CT molecular complexity index is 822. The number of para-hydroxylation sites is 1. The summed E-state index contributed by atoms with van der Waals surface area (Å²) in [6.45, 7) is 1.28. The van der Waals surface area contributed by atoms with Gasteiger partial charge in [-0.05, 0) is 24.2 Å². The van der Waals surface area contributed by atoms with Crippen LogP contribution in [0.1, 0.15) is 22.8 Å². The molecule has 4 nitrogen and oxygen atoms in total. The Balaban J connectivity index is 1.83. The molecule has 0 aliphatic rings. The molecule has 0 aliphatic carbocycles. The number of aliphatic hydroxyl groups is 1. The van der Waals surface area contributed by atoms with Crippen molar-refractivity contribution in [2.24, 2.45) is 0 Å². The van der Waals surface area contributed by atoms with Crippen molar-refractivity contribution in [3.8, 4) is 11.5 Å². The summed E-state index contributed by atoms with van der Waals surface area (Å²) in [5, 5.41) is 13.5. The maximum Gasteiger partial charge on any atom is 0.167 e. The fraction of sp³-hybridized carbons (Fsp3) is 0.217. The van der Waals surface area contributed by atoms with Crippen LogP contribution in [-0.2, 0) is 13.2 Å². The van der Waals surface area contributed by atoms with Gasteiger partial charge in [0.2, 0.25) is 0 Å². The molecule has 1 unspecified atom stereocenters. The van der Waals surface area contributed by atoms with E-state index in [0.29, 0.717) is 36.8 Å². The van der Waals surface area contributed by atoms with E-state index in [1.54, 1.807) is 0 Å². The zero-order valence-corrected chi connectivity index (χ0v) is 15.5. The highest BCUT2D eigenvalue weighted by molar-refractivity contribution is 5.48. The third-order valence-electron chi connectivity index (χ3n) is 4.23. The first-order chi connectivity index (χ1) is 13.3. The van der Waals surface area contributed by atoms with Crippen LogP contribution < -0.4 is 14.8 Å².